The van der Waals surface area contributed by atoms with Gasteiger partial charge in [0.1, 0.15) is 17.3 Å². The molecule has 1 N–H and O–H groups in total. The van der Waals surface area contributed by atoms with Gasteiger partial charge in [-0.05, 0) is 31.7 Å². The summed E-state index contributed by atoms with van der Waals surface area (Å²) in [4.78, 5) is 23.4. The molecule has 1 heterocycles. The topological polar surface area (TPSA) is 58.1 Å². The van der Waals surface area contributed by atoms with Crippen LogP contribution in [0.4, 0.5) is 5.82 Å². The summed E-state index contributed by atoms with van der Waals surface area (Å²) >= 11 is 0. The third kappa shape index (κ3) is 5.85. The second-order valence-corrected chi connectivity index (χ2v) is 6.14. The van der Waals surface area contributed by atoms with Crippen LogP contribution in [-0.2, 0) is 6.42 Å². The van der Waals surface area contributed by atoms with E-state index in [2.05, 4.69) is 41.3 Å². The van der Waals surface area contributed by atoms with Crippen LogP contribution in [-0.4, -0.2) is 40.4 Å². The molecule has 0 unspecified atom stereocenters. The van der Waals surface area contributed by atoms with Gasteiger partial charge < -0.3 is 10.2 Å². The summed E-state index contributed by atoms with van der Waals surface area (Å²) in [6.07, 6.45) is 2.79. The van der Waals surface area contributed by atoms with Gasteiger partial charge in [0.2, 0.25) is 0 Å². The predicted molar refractivity (Wildman–Crippen MR) is 102 cm³/mol. The van der Waals surface area contributed by atoms with Crippen LogP contribution in [0.1, 0.15) is 48.6 Å². The Bertz CT molecular complexity index is 667. The molecule has 0 saturated heterocycles. The lowest BCUT2D eigenvalue weighted by atomic mass is 10.1. The van der Waals surface area contributed by atoms with Gasteiger partial charge in [0.15, 0.2) is 0 Å². The van der Waals surface area contributed by atoms with Gasteiger partial charge in [0, 0.05) is 25.7 Å². The molecule has 0 aliphatic heterocycles. The molecule has 0 bridgehead atoms. The molecule has 0 aliphatic rings. The Kier molecular flexibility index (Phi) is 7.38. The monoisotopic (exact) mass is 340 g/mol. The first-order chi connectivity index (χ1) is 12.1. The average molecular weight is 340 g/mol. The number of rotatable bonds is 9. The average Bonchev–Trinajstić information content (AvgIpc) is 2.61. The lowest BCUT2D eigenvalue weighted by Gasteiger charge is -2.21. The van der Waals surface area contributed by atoms with Crippen LogP contribution in [0.5, 0.6) is 0 Å². The highest BCUT2D eigenvalue weighted by Gasteiger charge is 2.17. The molecule has 0 atom stereocenters. The van der Waals surface area contributed by atoms with Gasteiger partial charge in [-0.15, -0.1) is 0 Å². The number of aryl methyl sites for hydroxylation is 1. The molecule has 0 radical (unpaired) electrons. The van der Waals surface area contributed by atoms with Gasteiger partial charge >= 0.3 is 0 Å². The number of carbonyl (C=O) groups is 1. The second-order valence-electron chi connectivity index (χ2n) is 6.14. The Morgan fingerprint density at radius 3 is 2.40 bits per heavy atom. The molecule has 2 rings (SSSR count). The number of hydrogen-bond acceptors (Lipinski definition) is 4. The molecular formula is C20H28N4O. The van der Waals surface area contributed by atoms with Crippen LogP contribution in [0.15, 0.2) is 36.4 Å². The van der Waals surface area contributed by atoms with Crippen molar-refractivity contribution in [2.24, 2.45) is 0 Å². The van der Waals surface area contributed by atoms with Crippen LogP contribution in [0, 0.1) is 6.92 Å². The summed E-state index contributed by atoms with van der Waals surface area (Å²) in [7, 11) is 0. The minimum Gasteiger partial charge on any atom is -0.370 e. The van der Waals surface area contributed by atoms with Gasteiger partial charge in [0.25, 0.3) is 5.91 Å². The van der Waals surface area contributed by atoms with Crippen molar-refractivity contribution in [3.63, 3.8) is 0 Å². The third-order valence-corrected chi connectivity index (χ3v) is 3.89. The van der Waals surface area contributed by atoms with Gasteiger partial charge in [-0.3, -0.25) is 4.79 Å². The van der Waals surface area contributed by atoms with Crippen LogP contribution in [0.2, 0.25) is 0 Å². The van der Waals surface area contributed by atoms with E-state index in [4.69, 9.17) is 0 Å². The summed E-state index contributed by atoms with van der Waals surface area (Å²) in [5.74, 6) is 1.31. The maximum atomic E-state index is 12.7. The molecular weight excluding hydrogens is 312 g/mol. The van der Waals surface area contributed by atoms with Crippen molar-refractivity contribution in [2.45, 2.75) is 40.0 Å². The Morgan fingerprint density at radius 2 is 1.76 bits per heavy atom. The minimum atomic E-state index is -0.0136. The van der Waals surface area contributed by atoms with Crippen molar-refractivity contribution >= 4 is 11.7 Å². The molecule has 5 nitrogen and oxygen atoms in total. The Balaban J connectivity index is 2.04. The van der Waals surface area contributed by atoms with E-state index in [0.717, 1.165) is 38.9 Å². The number of benzene rings is 1. The van der Waals surface area contributed by atoms with Crippen LogP contribution < -0.4 is 5.32 Å². The van der Waals surface area contributed by atoms with E-state index in [1.54, 1.807) is 6.07 Å². The van der Waals surface area contributed by atoms with Gasteiger partial charge in [0.05, 0.1) is 0 Å². The minimum absolute atomic E-state index is 0.0136. The zero-order chi connectivity index (χ0) is 18.1. The van der Waals surface area contributed by atoms with Crippen molar-refractivity contribution in [3.05, 3.63) is 53.5 Å². The summed E-state index contributed by atoms with van der Waals surface area (Å²) in [6.45, 7) is 8.26. The van der Waals surface area contributed by atoms with E-state index in [9.17, 15) is 4.79 Å². The number of hydrogen-bond donors (Lipinski definition) is 1. The van der Waals surface area contributed by atoms with E-state index >= 15 is 0 Å². The number of aromatic nitrogens is 2. The molecule has 1 amide bonds. The maximum absolute atomic E-state index is 12.7. The molecule has 134 valence electrons. The summed E-state index contributed by atoms with van der Waals surface area (Å²) in [5, 5.41) is 3.31. The largest absolute Gasteiger partial charge is 0.370 e. The van der Waals surface area contributed by atoms with Crippen LogP contribution in [0.3, 0.4) is 0 Å². The number of anilines is 1. The van der Waals surface area contributed by atoms with E-state index in [1.165, 1.54) is 5.56 Å². The highest BCUT2D eigenvalue weighted by Crippen LogP contribution is 2.11. The van der Waals surface area contributed by atoms with Crippen LogP contribution in [0.25, 0.3) is 0 Å². The number of carbonyl (C=O) groups excluding carboxylic acids is 1. The van der Waals surface area contributed by atoms with Crippen molar-refractivity contribution in [2.75, 3.05) is 25.0 Å². The SMILES string of the molecule is CCCN(CCC)C(=O)c1cc(NCCc2ccccc2)nc(C)n1. The zero-order valence-corrected chi connectivity index (χ0v) is 15.5. The van der Waals surface area contributed by atoms with Gasteiger partial charge in [-0.25, -0.2) is 9.97 Å². The molecule has 0 spiro atoms. The van der Waals surface area contributed by atoms with Crippen molar-refractivity contribution < 1.29 is 4.79 Å². The van der Waals surface area contributed by atoms with Crippen molar-refractivity contribution in [1.29, 1.82) is 0 Å². The quantitative estimate of drug-likeness (QED) is 0.756. The summed E-state index contributed by atoms with van der Waals surface area (Å²) < 4.78 is 0. The summed E-state index contributed by atoms with van der Waals surface area (Å²) in [6, 6.07) is 12.1. The Morgan fingerprint density at radius 1 is 1.08 bits per heavy atom. The van der Waals surface area contributed by atoms with Gasteiger partial charge in [-0.1, -0.05) is 44.2 Å². The molecule has 1 aromatic heterocycles. The molecule has 25 heavy (non-hydrogen) atoms. The highest BCUT2D eigenvalue weighted by atomic mass is 16.2. The Labute approximate surface area is 150 Å². The van der Waals surface area contributed by atoms with E-state index < -0.39 is 0 Å². The molecule has 1 aromatic carbocycles. The molecule has 0 fully saturated rings. The second kappa shape index (κ2) is 9.77. The normalized spacial score (nSPS) is 10.5. The maximum Gasteiger partial charge on any atom is 0.272 e. The first kappa shape index (κ1) is 18.9. The van der Waals surface area contributed by atoms with E-state index in [1.807, 2.05) is 30.0 Å². The van der Waals surface area contributed by atoms with E-state index in [0.29, 0.717) is 17.3 Å². The number of nitrogens with zero attached hydrogens (tertiary/aromatic N) is 3. The third-order valence-electron chi connectivity index (χ3n) is 3.89. The fourth-order valence-electron chi connectivity index (χ4n) is 2.76. The smallest absolute Gasteiger partial charge is 0.272 e. The molecule has 5 heteroatoms. The van der Waals surface area contributed by atoms with Crippen LogP contribution >= 0.6 is 0 Å². The Hall–Kier alpha value is -2.43. The van der Waals surface area contributed by atoms with Gasteiger partial charge in [-0.2, -0.15) is 0 Å². The fourth-order valence-corrected chi connectivity index (χ4v) is 2.76. The van der Waals surface area contributed by atoms with E-state index in [-0.39, 0.29) is 5.91 Å². The number of amides is 1. The first-order valence-corrected chi connectivity index (χ1v) is 9.06. The molecule has 2 aromatic rings. The molecule has 0 aliphatic carbocycles. The van der Waals surface area contributed by atoms with Crippen molar-refractivity contribution in [3.8, 4) is 0 Å². The standard InChI is InChI=1S/C20H28N4O/c1-4-13-24(14-5-2)20(25)18-15-19(23-16(3)22-18)21-12-11-17-9-7-6-8-10-17/h6-10,15H,4-5,11-14H2,1-3H3,(H,21,22,23). The zero-order valence-electron chi connectivity index (χ0n) is 15.5. The first-order valence-electron chi connectivity index (χ1n) is 9.06. The lowest BCUT2D eigenvalue weighted by molar-refractivity contribution is 0.0749. The summed E-state index contributed by atoms with van der Waals surface area (Å²) in [5.41, 5.74) is 1.74. The highest BCUT2D eigenvalue weighted by molar-refractivity contribution is 5.93. The van der Waals surface area contributed by atoms with Crippen molar-refractivity contribution in [1.82, 2.24) is 14.9 Å². The fraction of sp³-hybridized carbons (Fsp3) is 0.450. The molecule has 0 saturated carbocycles. The number of nitrogens with one attached hydrogen (secondary N) is 1. The predicted octanol–water partition coefficient (Wildman–Crippen LogP) is 3.70. The lowest BCUT2D eigenvalue weighted by Crippen LogP contribution is -2.33.